The van der Waals surface area contributed by atoms with E-state index in [1.807, 2.05) is 24.3 Å². The fourth-order valence-corrected chi connectivity index (χ4v) is 3.83. The minimum Gasteiger partial charge on any atom is -0.493 e. The van der Waals surface area contributed by atoms with Crippen LogP contribution in [-0.4, -0.2) is 28.2 Å². The van der Waals surface area contributed by atoms with Crippen LogP contribution in [0.3, 0.4) is 0 Å². The average molecular weight is 388 g/mol. The zero-order valence-electron chi connectivity index (χ0n) is 15.7. The van der Waals surface area contributed by atoms with E-state index in [4.69, 9.17) is 4.74 Å². The molecule has 27 heavy (non-hydrogen) atoms. The number of rotatable bonds is 8. The summed E-state index contributed by atoms with van der Waals surface area (Å²) >= 11 is 1.48. The van der Waals surface area contributed by atoms with E-state index in [-0.39, 0.29) is 23.8 Å². The van der Waals surface area contributed by atoms with E-state index in [0.29, 0.717) is 23.1 Å². The van der Waals surface area contributed by atoms with Gasteiger partial charge in [0.25, 0.3) is 5.56 Å². The number of para-hydroxylation sites is 1. The molecule has 2 aromatic rings. The van der Waals surface area contributed by atoms with Crippen molar-refractivity contribution in [2.75, 3.05) is 17.7 Å². The van der Waals surface area contributed by atoms with E-state index < -0.39 is 0 Å². The molecule has 0 bridgehead atoms. The number of benzene rings is 1. The van der Waals surface area contributed by atoms with Crippen molar-refractivity contribution in [2.45, 2.75) is 50.6 Å². The fourth-order valence-electron chi connectivity index (χ4n) is 3.11. The molecular weight excluding hydrogens is 362 g/mol. The number of amides is 1. The van der Waals surface area contributed by atoms with Crippen LogP contribution in [0.5, 0.6) is 5.75 Å². The van der Waals surface area contributed by atoms with Gasteiger partial charge < -0.3 is 15.0 Å². The number of aromatic amines is 1. The molecule has 2 N–H and O–H groups in total. The van der Waals surface area contributed by atoms with Gasteiger partial charge in [-0.3, -0.25) is 9.59 Å². The number of H-pyrrole nitrogens is 1. The lowest BCUT2D eigenvalue weighted by molar-refractivity contribution is -0.116. The predicted octanol–water partition coefficient (Wildman–Crippen LogP) is 3.93. The third kappa shape index (κ3) is 4.53. The molecule has 0 aliphatic carbocycles. The molecule has 0 saturated heterocycles. The van der Waals surface area contributed by atoms with Gasteiger partial charge in [0.2, 0.25) is 5.91 Å². The molecular formula is C20H25N3O3S. The van der Waals surface area contributed by atoms with E-state index in [1.165, 1.54) is 11.8 Å². The topological polar surface area (TPSA) is 84.1 Å². The van der Waals surface area contributed by atoms with E-state index >= 15 is 0 Å². The Morgan fingerprint density at radius 2 is 2.04 bits per heavy atom. The van der Waals surface area contributed by atoms with Crippen molar-refractivity contribution in [3.8, 4) is 5.75 Å². The second-order valence-electron chi connectivity index (χ2n) is 6.53. The monoisotopic (exact) mass is 387 g/mol. The smallest absolute Gasteiger partial charge is 0.257 e. The molecule has 2 heterocycles. The van der Waals surface area contributed by atoms with E-state index in [0.717, 1.165) is 36.3 Å². The maximum Gasteiger partial charge on any atom is 0.257 e. The molecule has 0 fully saturated rings. The summed E-state index contributed by atoms with van der Waals surface area (Å²) in [4.78, 5) is 32.5. The van der Waals surface area contributed by atoms with Crippen LogP contribution >= 0.6 is 11.8 Å². The summed E-state index contributed by atoms with van der Waals surface area (Å²) in [6.45, 7) is 4.79. The van der Waals surface area contributed by atoms with Gasteiger partial charge in [-0.25, -0.2) is 4.98 Å². The number of nitrogens with one attached hydrogen (secondary N) is 2. The first kappa shape index (κ1) is 19.5. The number of carbonyl (C=O) groups excluding carboxylic acids is 1. The number of aromatic nitrogens is 2. The van der Waals surface area contributed by atoms with Crippen molar-refractivity contribution >= 4 is 23.5 Å². The largest absolute Gasteiger partial charge is 0.493 e. The molecule has 144 valence electrons. The SMILES string of the molecule is CCCCOc1ccccc1[C@@H]1CC(=O)Nc2nc(SCCC)[nH]c(=O)c21. The first-order chi connectivity index (χ1) is 13.1. The lowest BCUT2D eigenvalue weighted by atomic mass is 9.86. The molecule has 0 saturated carbocycles. The first-order valence-electron chi connectivity index (χ1n) is 9.42. The number of thioether (sulfide) groups is 1. The zero-order valence-corrected chi connectivity index (χ0v) is 16.5. The van der Waals surface area contributed by atoms with Crippen molar-refractivity contribution < 1.29 is 9.53 Å². The normalized spacial score (nSPS) is 15.9. The minimum atomic E-state index is -0.368. The highest BCUT2D eigenvalue weighted by molar-refractivity contribution is 7.99. The van der Waals surface area contributed by atoms with Crippen molar-refractivity contribution in [3.05, 3.63) is 45.7 Å². The zero-order chi connectivity index (χ0) is 19.2. The van der Waals surface area contributed by atoms with Crippen LogP contribution in [0.15, 0.2) is 34.2 Å². The minimum absolute atomic E-state index is 0.139. The Morgan fingerprint density at radius 1 is 1.22 bits per heavy atom. The quantitative estimate of drug-likeness (QED) is 0.407. The van der Waals surface area contributed by atoms with Crippen LogP contribution in [0.2, 0.25) is 0 Å². The van der Waals surface area contributed by atoms with Crippen LogP contribution in [0.1, 0.15) is 56.6 Å². The highest BCUT2D eigenvalue weighted by atomic mass is 32.2. The van der Waals surface area contributed by atoms with E-state index in [9.17, 15) is 9.59 Å². The number of unbranched alkanes of at least 4 members (excludes halogenated alkanes) is 1. The summed E-state index contributed by atoms with van der Waals surface area (Å²) in [5.74, 6) is 1.43. The third-order valence-corrected chi connectivity index (χ3v) is 5.50. The number of hydrogen-bond acceptors (Lipinski definition) is 5. The molecule has 6 nitrogen and oxygen atoms in total. The number of nitrogens with zero attached hydrogens (tertiary/aromatic N) is 1. The van der Waals surface area contributed by atoms with Crippen molar-refractivity contribution in [2.24, 2.45) is 0 Å². The van der Waals surface area contributed by atoms with Gasteiger partial charge in [0.15, 0.2) is 5.16 Å². The number of hydrogen-bond donors (Lipinski definition) is 2. The Bertz CT molecular complexity index is 866. The van der Waals surface area contributed by atoms with Gasteiger partial charge in [-0.05, 0) is 18.9 Å². The molecule has 0 spiro atoms. The predicted molar refractivity (Wildman–Crippen MR) is 108 cm³/mol. The van der Waals surface area contributed by atoms with Crippen LogP contribution in [0.25, 0.3) is 0 Å². The summed E-state index contributed by atoms with van der Waals surface area (Å²) in [6, 6.07) is 7.63. The van der Waals surface area contributed by atoms with Crippen LogP contribution in [0.4, 0.5) is 5.82 Å². The van der Waals surface area contributed by atoms with Gasteiger partial charge in [0, 0.05) is 23.7 Å². The summed E-state index contributed by atoms with van der Waals surface area (Å²) in [6.07, 6.45) is 3.17. The van der Waals surface area contributed by atoms with Crippen molar-refractivity contribution in [1.29, 1.82) is 0 Å². The van der Waals surface area contributed by atoms with Gasteiger partial charge >= 0.3 is 0 Å². The van der Waals surface area contributed by atoms with Crippen LogP contribution in [-0.2, 0) is 4.79 Å². The third-order valence-electron chi connectivity index (χ3n) is 4.42. The summed E-state index contributed by atoms with van der Waals surface area (Å²) in [5, 5.41) is 3.30. The lowest BCUT2D eigenvalue weighted by Crippen LogP contribution is -2.31. The number of carbonyl (C=O) groups is 1. The summed E-state index contributed by atoms with van der Waals surface area (Å²) in [7, 11) is 0. The summed E-state index contributed by atoms with van der Waals surface area (Å²) in [5.41, 5.74) is 1.15. The molecule has 1 amide bonds. The molecule has 1 aromatic heterocycles. The maximum absolute atomic E-state index is 12.8. The molecule has 1 aliphatic rings. The molecule has 1 atom stereocenters. The second-order valence-corrected chi connectivity index (χ2v) is 7.61. The summed E-state index contributed by atoms with van der Waals surface area (Å²) < 4.78 is 5.93. The van der Waals surface area contributed by atoms with E-state index in [1.54, 1.807) is 0 Å². The number of fused-ring (bicyclic) bond motifs is 1. The van der Waals surface area contributed by atoms with Crippen molar-refractivity contribution in [1.82, 2.24) is 9.97 Å². The van der Waals surface area contributed by atoms with E-state index in [2.05, 4.69) is 29.1 Å². The second kappa shape index (κ2) is 9.08. The van der Waals surface area contributed by atoms with Gasteiger partial charge in [-0.2, -0.15) is 0 Å². The van der Waals surface area contributed by atoms with Gasteiger partial charge in [-0.1, -0.05) is 50.2 Å². The highest BCUT2D eigenvalue weighted by Gasteiger charge is 2.32. The number of ether oxygens (including phenoxy) is 1. The first-order valence-corrected chi connectivity index (χ1v) is 10.4. The van der Waals surface area contributed by atoms with Gasteiger partial charge in [0.05, 0.1) is 12.2 Å². The Kier molecular flexibility index (Phi) is 6.55. The van der Waals surface area contributed by atoms with Crippen LogP contribution < -0.4 is 15.6 Å². The molecule has 0 unspecified atom stereocenters. The Morgan fingerprint density at radius 3 is 2.81 bits per heavy atom. The Labute approximate surface area is 163 Å². The molecule has 3 rings (SSSR count). The molecule has 1 aliphatic heterocycles. The fraction of sp³-hybridized carbons (Fsp3) is 0.450. The van der Waals surface area contributed by atoms with Gasteiger partial charge in [0.1, 0.15) is 11.6 Å². The molecule has 0 radical (unpaired) electrons. The maximum atomic E-state index is 12.8. The van der Waals surface area contributed by atoms with Crippen molar-refractivity contribution in [3.63, 3.8) is 0 Å². The standard InChI is InChI=1S/C20H25N3O3S/c1-3-5-10-26-15-9-7-6-8-13(15)14-12-16(24)21-18-17(14)19(25)23-20(22-18)27-11-4-2/h6-9,14H,3-5,10-12H2,1-2H3,(H2,21,22,23,24,25)/t14-/m0/s1. The van der Waals surface area contributed by atoms with Crippen LogP contribution in [0, 0.1) is 0 Å². The molecule has 7 heteroatoms. The Hall–Kier alpha value is -2.28. The molecule has 1 aromatic carbocycles. The highest BCUT2D eigenvalue weighted by Crippen LogP contribution is 2.38. The van der Waals surface area contributed by atoms with Gasteiger partial charge in [-0.15, -0.1) is 0 Å². The Balaban J connectivity index is 2.00. The average Bonchev–Trinajstić information content (AvgIpc) is 2.66. The number of anilines is 1. The lowest BCUT2D eigenvalue weighted by Gasteiger charge is -2.26.